The molecule has 162 valence electrons. The van der Waals surface area contributed by atoms with E-state index in [1.54, 1.807) is 0 Å². The first kappa shape index (κ1) is 22.2. The minimum atomic E-state index is -5.11. The van der Waals surface area contributed by atoms with Gasteiger partial charge in [-0.05, 0) is 24.3 Å². The Morgan fingerprint density at radius 2 is 1.35 bits per heavy atom. The number of hydrogen-bond donors (Lipinski definition) is 1. The zero-order valence-electron chi connectivity index (χ0n) is 15.1. The van der Waals surface area contributed by atoms with Crippen LogP contribution in [0, 0.1) is 17.5 Å². The van der Waals surface area contributed by atoms with E-state index in [9.17, 15) is 39.9 Å². The maximum atomic E-state index is 14.8. The number of aromatic nitrogens is 1. The van der Waals surface area contributed by atoms with Gasteiger partial charge in [0.1, 0.15) is 11.4 Å². The molecule has 0 aliphatic rings. The van der Waals surface area contributed by atoms with Crippen molar-refractivity contribution in [3.8, 4) is 0 Å². The number of amides is 1. The number of hydrogen-bond acceptors (Lipinski definition) is 2. The van der Waals surface area contributed by atoms with Crippen molar-refractivity contribution in [3.05, 3.63) is 94.6 Å². The van der Waals surface area contributed by atoms with Crippen molar-refractivity contribution in [3.63, 3.8) is 0 Å². The lowest BCUT2D eigenvalue weighted by Crippen LogP contribution is -2.23. The molecular formula is C20H10F8N2O. The number of nitrogens with one attached hydrogen (secondary N) is 1. The van der Waals surface area contributed by atoms with Gasteiger partial charge in [0.25, 0.3) is 5.91 Å². The summed E-state index contributed by atoms with van der Waals surface area (Å²) in [5.74, 6) is -9.99. The molecule has 1 amide bonds. The first-order chi connectivity index (χ1) is 14.4. The van der Waals surface area contributed by atoms with E-state index in [1.165, 1.54) is 0 Å². The van der Waals surface area contributed by atoms with Crippen LogP contribution in [0.5, 0.6) is 0 Å². The number of halogens is 8. The lowest BCUT2D eigenvalue weighted by atomic mass is 9.95. The van der Waals surface area contributed by atoms with Gasteiger partial charge in [-0.3, -0.25) is 9.78 Å². The van der Waals surface area contributed by atoms with E-state index in [-0.39, 0.29) is 0 Å². The zero-order chi connectivity index (χ0) is 23.0. The molecule has 2 aromatic carbocycles. The van der Waals surface area contributed by atoms with Crippen LogP contribution in [0.25, 0.3) is 0 Å². The van der Waals surface area contributed by atoms with Crippen molar-refractivity contribution in [2.45, 2.75) is 12.1 Å². The Labute approximate surface area is 169 Å². The normalized spacial score (nSPS) is 12.0. The summed E-state index contributed by atoms with van der Waals surface area (Å²) in [4.78, 5) is 15.2. The Bertz CT molecular complexity index is 1120. The van der Waals surface area contributed by atoms with Crippen LogP contribution >= 0.6 is 0 Å². The molecule has 0 spiro atoms. The molecule has 0 radical (unpaired) electrons. The van der Waals surface area contributed by atoms with Crippen LogP contribution in [0.4, 0.5) is 40.8 Å². The maximum Gasteiger partial charge on any atom is 0.416 e. The summed E-state index contributed by atoms with van der Waals surface area (Å²) in [6, 6.07) is 4.45. The van der Waals surface area contributed by atoms with Crippen molar-refractivity contribution >= 4 is 11.6 Å². The summed E-state index contributed by atoms with van der Waals surface area (Å²) in [5, 5.41) is 1.92. The fourth-order valence-electron chi connectivity index (χ4n) is 2.82. The topological polar surface area (TPSA) is 42.0 Å². The fraction of sp³-hybridized carbons (Fsp3) is 0.100. The smallest absolute Gasteiger partial charge is 0.322 e. The second-order valence-electron chi connectivity index (χ2n) is 6.24. The predicted octanol–water partition coefficient (Wildman–Crippen LogP) is 5.91. The summed E-state index contributed by atoms with van der Waals surface area (Å²) in [6.45, 7) is 0. The molecule has 3 nitrogen and oxygen atoms in total. The predicted molar refractivity (Wildman–Crippen MR) is 92.9 cm³/mol. The van der Waals surface area contributed by atoms with Crippen molar-refractivity contribution < 1.29 is 39.9 Å². The number of alkyl halides is 5. The number of carbonyl (C=O) groups excluding carboxylic acids is 1. The van der Waals surface area contributed by atoms with E-state index in [1.807, 2.05) is 5.32 Å². The number of rotatable bonds is 4. The van der Waals surface area contributed by atoms with Gasteiger partial charge in [-0.25, -0.2) is 13.2 Å². The standard InChI is InChI=1S/C20H10F8N2O/c21-14-7-10(30-18(31)17-15(22)8-29-9-16(17)23)5-6-13(14)19(24,25)11-3-1-2-4-12(11)20(26,27)28/h1-9H,(H,30,31). The lowest BCUT2D eigenvalue weighted by Gasteiger charge is -2.22. The van der Waals surface area contributed by atoms with Crippen LogP contribution in [-0.2, 0) is 12.1 Å². The Balaban J connectivity index is 1.95. The number of benzene rings is 2. The average molecular weight is 446 g/mol. The molecule has 0 saturated carbocycles. The molecule has 31 heavy (non-hydrogen) atoms. The molecule has 0 aliphatic carbocycles. The second kappa shape index (κ2) is 7.97. The highest BCUT2D eigenvalue weighted by Gasteiger charge is 2.44. The molecule has 0 saturated heterocycles. The molecule has 3 aromatic rings. The highest BCUT2D eigenvalue weighted by molar-refractivity contribution is 6.04. The average Bonchev–Trinajstić information content (AvgIpc) is 2.67. The van der Waals surface area contributed by atoms with Gasteiger partial charge in [-0.15, -0.1) is 0 Å². The SMILES string of the molecule is O=C(Nc1ccc(C(F)(F)c2ccccc2C(F)(F)F)c(F)c1)c1c(F)cncc1F. The Morgan fingerprint density at radius 3 is 1.90 bits per heavy atom. The van der Waals surface area contributed by atoms with Crippen LogP contribution in [-0.4, -0.2) is 10.9 Å². The van der Waals surface area contributed by atoms with Gasteiger partial charge in [0.05, 0.1) is 23.5 Å². The Kier molecular flexibility index (Phi) is 5.70. The van der Waals surface area contributed by atoms with Crippen molar-refractivity contribution in [1.29, 1.82) is 0 Å². The van der Waals surface area contributed by atoms with E-state index in [4.69, 9.17) is 0 Å². The van der Waals surface area contributed by atoms with Crippen LogP contribution < -0.4 is 5.32 Å². The number of anilines is 1. The van der Waals surface area contributed by atoms with Gasteiger partial charge in [0, 0.05) is 11.3 Å². The molecule has 3 rings (SSSR count). The molecule has 1 aromatic heterocycles. The van der Waals surface area contributed by atoms with Crippen molar-refractivity contribution in [1.82, 2.24) is 4.98 Å². The summed E-state index contributed by atoms with van der Waals surface area (Å²) in [6.07, 6.45) is -4.00. The highest BCUT2D eigenvalue weighted by atomic mass is 19.4. The van der Waals surface area contributed by atoms with Crippen LogP contribution in [0.2, 0.25) is 0 Å². The van der Waals surface area contributed by atoms with E-state index in [0.717, 1.165) is 18.2 Å². The molecular weight excluding hydrogens is 436 g/mol. The van der Waals surface area contributed by atoms with Crippen LogP contribution in [0.1, 0.15) is 27.0 Å². The quantitative estimate of drug-likeness (QED) is 0.507. The van der Waals surface area contributed by atoms with Crippen LogP contribution in [0.15, 0.2) is 54.9 Å². The van der Waals surface area contributed by atoms with Crippen molar-refractivity contribution in [2.24, 2.45) is 0 Å². The third-order valence-electron chi connectivity index (χ3n) is 4.22. The third-order valence-corrected chi connectivity index (χ3v) is 4.22. The van der Waals surface area contributed by atoms with E-state index in [0.29, 0.717) is 36.7 Å². The fourth-order valence-corrected chi connectivity index (χ4v) is 2.82. The molecule has 1 N–H and O–H groups in total. The first-order valence-corrected chi connectivity index (χ1v) is 8.38. The second-order valence-corrected chi connectivity index (χ2v) is 6.24. The third kappa shape index (κ3) is 4.35. The molecule has 0 fully saturated rings. The van der Waals surface area contributed by atoms with Gasteiger partial charge < -0.3 is 5.32 Å². The van der Waals surface area contributed by atoms with E-state index < -0.39 is 63.4 Å². The molecule has 0 aliphatic heterocycles. The first-order valence-electron chi connectivity index (χ1n) is 8.38. The molecule has 0 bridgehead atoms. The molecule has 11 heteroatoms. The Hall–Kier alpha value is -3.50. The summed E-state index contributed by atoms with van der Waals surface area (Å²) in [5.41, 5.74) is -5.98. The summed E-state index contributed by atoms with van der Waals surface area (Å²) in [7, 11) is 0. The van der Waals surface area contributed by atoms with Crippen molar-refractivity contribution in [2.75, 3.05) is 5.32 Å². The summed E-state index contributed by atoms with van der Waals surface area (Å²) < 4.78 is 110. The van der Waals surface area contributed by atoms with E-state index in [2.05, 4.69) is 4.98 Å². The van der Waals surface area contributed by atoms with Gasteiger partial charge in [0.15, 0.2) is 11.6 Å². The molecule has 1 heterocycles. The molecule has 0 atom stereocenters. The van der Waals surface area contributed by atoms with Gasteiger partial charge in [0.2, 0.25) is 0 Å². The minimum absolute atomic E-state index is 0.397. The Morgan fingerprint density at radius 1 is 0.774 bits per heavy atom. The number of carbonyl (C=O) groups is 1. The summed E-state index contributed by atoms with van der Waals surface area (Å²) >= 11 is 0. The molecule has 0 unspecified atom stereocenters. The van der Waals surface area contributed by atoms with Gasteiger partial charge >= 0.3 is 12.1 Å². The van der Waals surface area contributed by atoms with Gasteiger partial charge in [-0.2, -0.15) is 22.0 Å². The van der Waals surface area contributed by atoms with Crippen LogP contribution in [0.3, 0.4) is 0 Å². The number of pyridine rings is 1. The monoisotopic (exact) mass is 446 g/mol. The minimum Gasteiger partial charge on any atom is -0.322 e. The largest absolute Gasteiger partial charge is 0.416 e. The lowest BCUT2D eigenvalue weighted by molar-refractivity contribution is -0.141. The highest BCUT2D eigenvalue weighted by Crippen LogP contribution is 2.44. The van der Waals surface area contributed by atoms with Gasteiger partial charge in [-0.1, -0.05) is 18.2 Å². The maximum absolute atomic E-state index is 14.8. The van der Waals surface area contributed by atoms with E-state index >= 15 is 0 Å². The number of nitrogens with zero attached hydrogens (tertiary/aromatic N) is 1. The zero-order valence-corrected chi connectivity index (χ0v) is 15.1.